The van der Waals surface area contributed by atoms with Crippen molar-refractivity contribution in [3.63, 3.8) is 0 Å². The lowest BCUT2D eigenvalue weighted by atomic mass is 9.93. The molecule has 0 saturated heterocycles. The molecule has 164 valence electrons. The molecule has 4 heteroatoms. The van der Waals surface area contributed by atoms with Crippen LogP contribution in [0.1, 0.15) is 30.7 Å². The number of nitrogens with zero attached hydrogens (tertiary/aromatic N) is 4. The van der Waals surface area contributed by atoms with Crippen LogP contribution in [0.15, 0.2) is 89.8 Å². The molecule has 0 saturated carbocycles. The van der Waals surface area contributed by atoms with Gasteiger partial charge in [-0.3, -0.25) is 0 Å². The van der Waals surface area contributed by atoms with Crippen molar-refractivity contribution >= 4 is 17.5 Å². The van der Waals surface area contributed by atoms with Crippen molar-refractivity contribution in [1.82, 2.24) is 9.38 Å². The van der Waals surface area contributed by atoms with E-state index in [1.807, 2.05) is 23.4 Å². The third-order valence-electron chi connectivity index (χ3n) is 6.19. The van der Waals surface area contributed by atoms with Gasteiger partial charge in [-0.2, -0.15) is 5.10 Å². The van der Waals surface area contributed by atoms with Crippen molar-refractivity contribution < 1.29 is 0 Å². The number of fused-ring (bicyclic) bond motifs is 1. The van der Waals surface area contributed by atoms with E-state index >= 15 is 0 Å². The number of aryl methyl sites for hydroxylation is 3. The summed E-state index contributed by atoms with van der Waals surface area (Å²) >= 11 is 0. The number of hydrazone groups is 1. The Morgan fingerprint density at radius 2 is 1.67 bits per heavy atom. The first-order chi connectivity index (χ1) is 16.1. The summed E-state index contributed by atoms with van der Waals surface area (Å²) in [6.07, 6.45) is 10.8. The minimum absolute atomic E-state index is 0.891. The predicted octanol–water partition coefficient (Wildman–Crippen LogP) is 7.11. The Balaban J connectivity index is 1.67. The molecule has 0 atom stereocenters. The van der Waals surface area contributed by atoms with E-state index in [0.29, 0.717) is 0 Å². The molecular weight excluding hydrogens is 404 g/mol. The lowest BCUT2D eigenvalue weighted by Gasteiger charge is -2.18. The quantitative estimate of drug-likeness (QED) is 0.344. The molecule has 1 aliphatic rings. The highest BCUT2D eigenvalue weighted by molar-refractivity contribution is 5.85. The third-order valence-corrected chi connectivity index (χ3v) is 6.19. The van der Waals surface area contributed by atoms with Crippen LogP contribution in [0.5, 0.6) is 0 Å². The fourth-order valence-electron chi connectivity index (χ4n) is 4.59. The lowest BCUT2D eigenvalue weighted by molar-refractivity contribution is 0.976. The second kappa shape index (κ2) is 8.55. The lowest BCUT2D eigenvalue weighted by Crippen LogP contribution is -2.13. The van der Waals surface area contributed by atoms with E-state index in [2.05, 4.69) is 104 Å². The second-order valence-electron chi connectivity index (χ2n) is 8.51. The summed E-state index contributed by atoms with van der Waals surface area (Å²) in [6.45, 7) is 8.57. The highest BCUT2D eigenvalue weighted by Gasteiger charge is 2.18. The first kappa shape index (κ1) is 21.0. The molecule has 3 heterocycles. The van der Waals surface area contributed by atoms with Gasteiger partial charge < -0.3 is 4.40 Å². The number of pyridine rings is 1. The van der Waals surface area contributed by atoms with E-state index in [4.69, 9.17) is 4.98 Å². The molecule has 4 nitrogen and oxygen atoms in total. The van der Waals surface area contributed by atoms with E-state index < -0.39 is 0 Å². The largest absolute Gasteiger partial charge is 0.303 e. The zero-order valence-corrected chi connectivity index (χ0v) is 19.6. The molecule has 4 aromatic rings. The van der Waals surface area contributed by atoms with Gasteiger partial charge in [0, 0.05) is 29.7 Å². The van der Waals surface area contributed by atoms with E-state index in [0.717, 1.165) is 29.1 Å². The standard InChI is InChI=1S/C29H28N4/c1-5-27-29(26-12-7-6-11-25(26)24-14-13-20(2)18-21(24)3)31-28-19-23(15-17-32(27)28)33-22(4)10-8-9-16-30-33/h6-19H,5H2,1-4H3. The number of anilines is 1. The Morgan fingerprint density at radius 3 is 2.45 bits per heavy atom. The number of rotatable bonds is 4. The highest BCUT2D eigenvalue weighted by Crippen LogP contribution is 2.36. The molecule has 0 unspecified atom stereocenters. The van der Waals surface area contributed by atoms with Crippen LogP contribution in [0.25, 0.3) is 28.0 Å². The summed E-state index contributed by atoms with van der Waals surface area (Å²) < 4.78 is 2.20. The van der Waals surface area contributed by atoms with Crippen LogP contribution in [0.3, 0.4) is 0 Å². The molecule has 5 rings (SSSR count). The molecule has 2 aromatic heterocycles. The van der Waals surface area contributed by atoms with Gasteiger partial charge in [-0.25, -0.2) is 9.99 Å². The monoisotopic (exact) mass is 432 g/mol. The molecule has 0 amide bonds. The Morgan fingerprint density at radius 1 is 0.848 bits per heavy atom. The van der Waals surface area contributed by atoms with Crippen LogP contribution in [0.4, 0.5) is 5.69 Å². The summed E-state index contributed by atoms with van der Waals surface area (Å²) in [5, 5.41) is 6.52. The molecule has 33 heavy (non-hydrogen) atoms. The molecular formula is C29H28N4. The fourth-order valence-corrected chi connectivity index (χ4v) is 4.59. The van der Waals surface area contributed by atoms with Crippen molar-refractivity contribution in [3.8, 4) is 22.4 Å². The van der Waals surface area contributed by atoms with Crippen LogP contribution in [0, 0.1) is 13.8 Å². The molecule has 0 fully saturated rings. The Kier molecular flexibility index (Phi) is 5.43. The summed E-state index contributed by atoms with van der Waals surface area (Å²) in [6, 6.07) is 19.5. The second-order valence-corrected chi connectivity index (χ2v) is 8.51. The van der Waals surface area contributed by atoms with E-state index in [9.17, 15) is 0 Å². The number of benzene rings is 2. The minimum atomic E-state index is 0.891. The average molecular weight is 433 g/mol. The fraction of sp³-hybridized carbons (Fsp3) is 0.172. The maximum Gasteiger partial charge on any atom is 0.139 e. The van der Waals surface area contributed by atoms with Crippen molar-refractivity contribution in [2.75, 3.05) is 5.01 Å². The van der Waals surface area contributed by atoms with Crippen molar-refractivity contribution in [1.29, 1.82) is 0 Å². The smallest absolute Gasteiger partial charge is 0.139 e. The Bertz CT molecular complexity index is 1440. The Hall–Kier alpha value is -3.92. The number of aromatic nitrogens is 2. The zero-order chi connectivity index (χ0) is 22.9. The molecule has 1 aliphatic heterocycles. The Labute approximate surface area is 195 Å². The summed E-state index contributed by atoms with van der Waals surface area (Å²) in [4.78, 5) is 5.14. The topological polar surface area (TPSA) is 32.9 Å². The number of allylic oxidation sites excluding steroid dienone is 4. The molecule has 0 spiro atoms. The van der Waals surface area contributed by atoms with Gasteiger partial charge in [-0.05, 0) is 62.1 Å². The first-order valence-electron chi connectivity index (χ1n) is 11.4. The minimum Gasteiger partial charge on any atom is -0.303 e. The number of hydrogen-bond acceptors (Lipinski definition) is 3. The molecule has 0 N–H and O–H groups in total. The normalized spacial score (nSPS) is 13.5. The average Bonchev–Trinajstić information content (AvgIpc) is 3.04. The predicted molar refractivity (Wildman–Crippen MR) is 139 cm³/mol. The highest BCUT2D eigenvalue weighted by atomic mass is 15.5. The SMILES string of the molecule is CCc1c(-c2ccccc2-c2ccc(C)cc2C)nc2cc(N3N=CC=CC=C3C)ccn12. The van der Waals surface area contributed by atoms with Crippen LogP contribution < -0.4 is 5.01 Å². The molecule has 0 radical (unpaired) electrons. The van der Waals surface area contributed by atoms with E-state index in [1.165, 1.54) is 33.5 Å². The van der Waals surface area contributed by atoms with E-state index in [1.54, 1.807) is 0 Å². The molecule has 0 bridgehead atoms. The third kappa shape index (κ3) is 3.78. The van der Waals surface area contributed by atoms with Crippen LogP contribution >= 0.6 is 0 Å². The summed E-state index contributed by atoms with van der Waals surface area (Å²) in [5.41, 5.74) is 11.4. The van der Waals surface area contributed by atoms with Gasteiger partial charge in [0.25, 0.3) is 0 Å². The van der Waals surface area contributed by atoms with Gasteiger partial charge in [0.1, 0.15) is 5.65 Å². The first-order valence-corrected chi connectivity index (χ1v) is 11.4. The van der Waals surface area contributed by atoms with Crippen molar-refractivity contribution in [2.45, 2.75) is 34.1 Å². The zero-order valence-electron chi connectivity index (χ0n) is 19.6. The van der Waals surface area contributed by atoms with Crippen LogP contribution in [0.2, 0.25) is 0 Å². The van der Waals surface area contributed by atoms with Gasteiger partial charge in [-0.15, -0.1) is 0 Å². The van der Waals surface area contributed by atoms with Crippen LogP contribution in [-0.2, 0) is 6.42 Å². The van der Waals surface area contributed by atoms with Crippen molar-refractivity contribution in [3.05, 3.63) is 102 Å². The van der Waals surface area contributed by atoms with Gasteiger partial charge in [0.05, 0.1) is 17.1 Å². The number of imidazole rings is 1. The van der Waals surface area contributed by atoms with Gasteiger partial charge >= 0.3 is 0 Å². The summed E-state index contributed by atoms with van der Waals surface area (Å²) in [5.74, 6) is 0. The maximum absolute atomic E-state index is 5.14. The summed E-state index contributed by atoms with van der Waals surface area (Å²) in [7, 11) is 0. The molecule has 2 aromatic carbocycles. The van der Waals surface area contributed by atoms with Gasteiger partial charge in [-0.1, -0.05) is 61.0 Å². The van der Waals surface area contributed by atoms with Gasteiger partial charge in [0.2, 0.25) is 0 Å². The van der Waals surface area contributed by atoms with Crippen molar-refractivity contribution in [2.24, 2.45) is 5.10 Å². The maximum atomic E-state index is 5.14. The van der Waals surface area contributed by atoms with Gasteiger partial charge in [0.15, 0.2) is 0 Å². The number of hydrogen-bond donors (Lipinski definition) is 0. The van der Waals surface area contributed by atoms with E-state index in [-0.39, 0.29) is 0 Å². The molecule has 0 aliphatic carbocycles. The van der Waals surface area contributed by atoms with Crippen LogP contribution in [-0.4, -0.2) is 15.6 Å².